The number of aromatic amines is 1. The average Bonchev–Trinajstić information content (AvgIpc) is 3.06. The molecule has 6 heteroatoms. The molecule has 0 bridgehead atoms. The predicted octanol–water partition coefficient (Wildman–Crippen LogP) is 2.35. The van der Waals surface area contributed by atoms with Gasteiger partial charge in [-0.1, -0.05) is 31.5 Å². The number of anilines is 2. The van der Waals surface area contributed by atoms with Crippen LogP contribution in [0.1, 0.15) is 37.0 Å². The monoisotopic (exact) mass is 324 g/mol. The molecule has 2 aliphatic rings. The molecule has 6 nitrogen and oxygen atoms in total. The molecular formula is C18H20N4O2. The highest BCUT2D eigenvalue weighted by Gasteiger charge is 2.56. The minimum atomic E-state index is -0.971. The predicted molar refractivity (Wildman–Crippen MR) is 91.0 cm³/mol. The van der Waals surface area contributed by atoms with Crippen LogP contribution in [-0.2, 0) is 15.0 Å². The van der Waals surface area contributed by atoms with Crippen molar-refractivity contribution in [3.63, 3.8) is 0 Å². The Labute approximate surface area is 140 Å². The number of carbonyl (C=O) groups is 2. The maximum Gasteiger partial charge on any atom is 0.242 e. The molecule has 0 fully saturated rings. The lowest BCUT2D eigenvalue weighted by molar-refractivity contribution is -0.126. The summed E-state index contributed by atoms with van der Waals surface area (Å²) in [5.74, 6) is 0.659. The van der Waals surface area contributed by atoms with Crippen LogP contribution in [0.3, 0.4) is 0 Å². The fourth-order valence-corrected chi connectivity index (χ4v) is 3.88. The first-order valence-corrected chi connectivity index (χ1v) is 8.20. The van der Waals surface area contributed by atoms with E-state index in [0.29, 0.717) is 18.3 Å². The number of carbonyl (C=O) groups excluding carboxylic acids is 2. The van der Waals surface area contributed by atoms with Crippen LogP contribution in [0.2, 0.25) is 0 Å². The van der Waals surface area contributed by atoms with Gasteiger partial charge in [-0.15, -0.1) is 0 Å². The molecule has 0 aliphatic carbocycles. The first-order valence-electron chi connectivity index (χ1n) is 8.20. The van der Waals surface area contributed by atoms with Gasteiger partial charge in [-0.25, -0.2) is 0 Å². The number of hydrogen-bond acceptors (Lipinski definition) is 3. The van der Waals surface area contributed by atoms with Crippen molar-refractivity contribution in [1.29, 1.82) is 0 Å². The van der Waals surface area contributed by atoms with E-state index in [1.54, 1.807) is 6.20 Å². The lowest BCUT2D eigenvalue weighted by Gasteiger charge is -2.32. The van der Waals surface area contributed by atoms with Gasteiger partial charge in [0, 0.05) is 24.2 Å². The lowest BCUT2D eigenvalue weighted by Crippen LogP contribution is -2.47. The number of rotatable bonds is 2. The number of H-pyrrole nitrogens is 1. The van der Waals surface area contributed by atoms with Crippen molar-refractivity contribution in [2.75, 3.05) is 16.8 Å². The molecule has 3 heterocycles. The summed E-state index contributed by atoms with van der Waals surface area (Å²) < 4.78 is 0. The van der Waals surface area contributed by atoms with E-state index in [-0.39, 0.29) is 18.2 Å². The summed E-state index contributed by atoms with van der Waals surface area (Å²) >= 11 is 0. The molecule has 24 heavy (non-hydrogen) atoms. The summed E-state index contributed by atoms with van der Waals surface area (Å²) in [7, 11) is 0. The normalized spacial score (nSPS) is 22.1. The Morgan fingerprint density at radius 1 is 1.29 bits per heavy atom. The standard InChI is InChI=1S/C18H20N4O2/c1-10(2)9-22-14-5-4-11(3)6-12(14)18(17(22)24)7-15(23)20-16-13(18)8-19-21-16/h4-6,8,10H,7,9H2,1-3H3,(H2,19,20,21,23)/t18-/m0/s1. The Kier molecular flexibility index (Phi) is 3.07. The van der Waals surface area contributed by atoms with Crippen molar-refractivity contribution >= 4 is 23.3 Å². The molecule has 1 spiro atoms. The third-order valence-electron chi connectivity index (χ3n) is 4.85. The molecule has 1 aromatic carbocycles. The number of aryl methyl sites for hydroxylation is 1. The van der Waals surface area contributed by atoms with Crippen molar-refractivity contribution in [2.45, 2.75) is 32.6 Å². The topological polar surface area (TPSA) is 78.1 Å². The highest BCUT2D eigenvalue weighted by atomic mass is 16.2. The van der Waals surface area contributed by atoms with E-state index in [0.717, 1.165) is 22.4 Å². The van der Waals surface area contributed by atoms with Gasteiger partial charge in [0.1, 0.15) is 11.2 Å². The number of hydrogen-bond donors (Lipinski definition) is 2. The first kappa shape index (κ1) is 14.9. The minimum absolute atomic E-state index is 0.0331. The van der Waals surface area contributed by atoms with Crippen LogP contribution in [0, 0.1) is 12.8 Å². The van der Waals surface area contributed by atoms with Crippen LogP contribution in [-0.4, -0.2) is 28.6 Å². The van der Waals surface area contributed by atoms with Crippen LogP contribution in [0.25, 0.3) is 0 Å². The quantitative estimate of drug-likeness (QED) is 0.890. The number of aromatic nitrogens is 2. The Bertz CT molecular complexity index is 854. The van der Waals surface area contributed by atoms with Gasteiger partial charge < -0.3 is 10.2 Å². The van der Waals surface area contributed by atoms with Gasteiger partial charge in [0.15, 0.2) is 0 Å². The molecule has 2 N–H and O–H groups in total. The molecule has 0 radical (unpaired) electrons. The number of benzene rings is 1. The largest absolute Gasteiger partial charge is 0.311 e. The maximum absolute atomic E-state index is 13.5. The van der Waals surface area contributed by atoms with E-state index in [1.807, 2.05) is 30.0 Å². The van der Waals surface area contributed by atoms with Gasteiger partial charge in [-0.2, -0.15) is 5.10 Å². The number of nitrogens with zero attached hydrogens (tertiary/aromatic N) is 2. The highest BCUT2D eigenvalue weighted by Crippen LogP contribution is 2.52. The van der Waals surface area contributed by atoms with E-state index in [2.05, 4.69) is 29.4 Å². The van der Waals surface area contributed by atoms with Crippen molar-refractivity contribution in [1.82, 2.24) is 10.2 Å². The number of nitrogens with one attached hydrogen (secondary N) is 2. The minimum Gasteiger partial charge on any atom is -0.311 e. The first-order chi connectivity index (χ1) is 11.4. The summed E-state index contributed by atoms with van der Waals surface area (Å²) in [5.41, 5.74) is 2.67. The smallest absolute Gasteiger partial charge is 0.242 e. The van der Waals surface area contributed by atoms with Gasteiger partial charge in [0.05, 0.1) is 6.20 Å². The number of amides is 2. The molecule has 1 atom stereocenters. The van der Waals surface area contributed by atoms with E-state index in [1.165, 1.54) is 0 Å². The SMILES string of the molecule is Cc1ccc2c(c1)[C@]1(CC(=O)Nc3[nH]ncc31)C(=O)N2CC(C)C. The third kappa shape index (κ3) is 1.85. The van der Waals surface area contributed by atoms with Crippen LogP contribution in [0.15, 0.2) is 24.4 Å². The summed E-state index contributed by atoms with van der Waals surface area (Å²) in [4.78, 5) is 27.6. The van der Waals surface area contributed by atoms with Crippen LogP contribution in [0.5, 0.6) is 0 Å². The molecule has 0 saturated heterocycles. The Morgan fingerprint density at radius 2 is 2.08 bits per heavy atom. The molecule has 124 valence electrons. The molecule has 2 aromatic rings. The summed E-state index contributed by atoms with van der Waals surface area (Å²) in [6.07, 6.45) is 1.78. The second-order valence-electron chi connectivity index (χ2n) is 7.12. The zero-order chi connectivity index (χ0) is 17.1. The molecular weight excluding hydrogens is 304 g/mol. The van der Waals surface area contributed by atoms with E-state index in [9.17, 15) is 9.59 Å². The van der Waals surface area contributed by atoms with Gasteiger partial charge in [-0.3, -0.25) is 14.7 Å². The van der Waals surface area contributed by atoms with Crippen molar-refractivity contribution in [3.8, 4) is 0 Å². The van der Waals surface area contributed by atoms with Crippen LogP contribution in [0.4, 0.5) is 11.5 Å². The van der Waals surface area contributed by atoms with Crippen LogP contribution < -0.4 is 10.2 Å². The Morgan fingerprint density at radius 3 is 2.83 bits per heavy atom. The fourth-order valence-electron chi connectivity index (χ4n) is 3.88. The second-order valence-corrected chi connectivity index (χ2v) is 7.12. The van der Waals surface area contributed by atoms with Gasteiger partial charge in [0.2, 0.25) is 11.8 Å². The van der Waals surface area contributed by atoms with Crippen molar-refractivity contribution in [2.24, 2.45) is 5.92 Å². The van der Waals surface area contributed by atoms with Gasteiger partial charge in [-0.05, 0) is 24.5 Å². The molecule has 1 aromatic heterocycles. The van der Waals surface area contributed by atoms with E-state index >= 15 is 0 Å². The second kappa shape index (κ2) is 4.93. The Hall–Kier alpha value is -2.63. The average molecular weight is 324 g/mol. The van der Waals surface area contributed by atoms with Crippen LogP contribution >= 0.6 is 0 Å². The third-order valence-corrected chi connectivity index (χ3v) is 4.85. The number of fused-ring (bicyclic) bond motifs is 4. The molecule has 2 amide bonds. The summed E-state index contributed by atoms with van der Waals surface area (Å²) in [6.45, 7) is 6.81. The zero-order valence-corrected chi connectivity index (χ0v) is 14.0. The highest BCUT2D eigenvalue weighted by molar-refractivity contribution is 6.15. The molecule has 0 unspecified atom stereocenters. The Balaban J connectivity index is 1.99. The maximum atomic E-state index is 13.5. The van der Waals surface area contributed by atoms with Gasteiger partial charge in [0.25, 0.3) is 0 Å². The fraction of sp³-hybridized carbons (Fsp3) is 0.389. The van der Waals surface area contributed by atoms with Crippen molar-refractivity contribution in [3.05, 3.63) is 41.1 Å². The summed E-state index contributed by atoms with van der Waals surface area (Å²) in [6, 6.07) is 6.03. The molecule has 0 saturated carbocycles. The van der Waals surface area contributed by atoms with E-state index in [4.69, 9.17) is 0 Å². The summed E-state index contributed by atoms with van der Waals surface area (Å²) in [5, 5.41) is 9.66. The molecule has 2 aliphatic heterocycles. The molecule has 4 rings (SSSR count). The van der Waals surface area contributed by atoms with Crippen molar-refractivity contribution < 1.29 is 9.59 Å². The zero-order valence-electron chi connectivity index (χ0n) is 14.0. The lowest BCUT2D eigenvalue weighted by atomic mass is 9.71. The van der Waals surface area contributed by atoms with E-state index < -0.39 is 5.41 Å². The van der Waals surface area contributed by atoms with Gasteiger partial charge >= 0.3 is 0 Å².